The molecule has 3 rings (SSSR count). The summed E-state index contributed by atoms with van der Waals surface area (Å²) < 4.78 is 20.8. The van der Waals surface area contributed by atoms with Crippen molar-refractivity contribution in [1.82, 2.24) is 15.1 Å². The van der Waals surface area contributed by atoms with E-state index < -0.39 is 0 Å². The molecule has 0 atom stereocenters. The Kier molecular flexibility index (Phi) is 6.90. The number of aromatic nitrogens is 2. The second kappa shape index (κ2) is 9.58. The van der Waals surface area contributed by atoms with Crippen LogP contribution in [-0.2, 0) is 6.54 Å². The summed E-state index contributed by atoms with van der Waals surface area (Å²) in [5.74, 6) is 1.67. The number of nitrogens with one attached hydrogen (secondary N) is 1. The summed E-state index contributed by atoms with van der Waals surface area (Å²) in [6.07, 6.45) is 5.23. The minimum Gasteiger partial charge on any atom is -0.497 e. The van der Waals surface area contributed by atoms with Gasteiger partial charge in [-0.15, -0.1) is 0 Å². The lowest BCUT2D eigenvalue weighted by molar-refractivity contribution is 0.414. The summed E-state index contributed by atoms with van der Waals surface area (Å²) in [5, 5.41) is 8.19. The van der Waals surface area contributed by atoms with Crippen LogP contribution < -0.4 is 10.1 Å². The highest BCUT2D eigenvalue weighted by Crippen LogP contribution is 2.25. The van der Waals surface area contributed by atoms with Crippen LogP contribution in [0.3, 0.4) is 0 Å². The highest BCUT2D eigenvalue weighted by Gasteiger charge is 2.13. The molecule has 0 saturated heterocycles. The van der Waals surface area contributed by atoms with E-state index in [9.17, 15) is 4.39 Å². The topological polar surface area (TPSA) is 39.1 Å². The van der Waals surface area contributed by atoms with Gasteiger partial charge in [0.05, 0.1) is 18.5 Å². The Labute approximate surface area is 163 Å². The van der Waals surface area contributed by atoms with Gasteiger partial charge in [-0.1, -0.05) is 12.1 Å². The van der Waals surface area contributed by atoms with E-state index in [-0.39, 0.29) is 5.82 Å². The quantitative estimate of drug-likeness (QED) is 0.549. The monoisotopic (exact) mass is 385 g/mol. The van der Waals surface area contributed by atoms with Crippen LogP contribution in [0.5, 0.6) is 5.75 Å². The summed E-state index contributed by atoms with van der Waals surface area (Å²) in [4.78, 5) is 0. The van der Waals surface area contributed by atoms with Crippen LogP contribution >= 0.6 is 11.8 Å². The van der Waals surface area contributed by atoms with E-state index in [1.807, 2.05) is 53.0 Å². The Morgan fingerprint density at radius 2 is 2.00 bits per heavy atom. The third-order valence-corrected chi connectivity index (χ3v) is 4.94. The highest BCUT2D eigenvalue weighted by molar-refractivity contribution is 7.98. The summed E-state index contributed by atoms with van der Waals surface area (Å²) in [6.45, 7) is 1.63. The van der Waals surface area contributed by atoms with E-state index >= 15 is 0 Å². The number of halogens is 1. The maximum Gasteiger partial charge on any atom is 0.123 e. The first-order valence-electron chi connectivity index (χ1n) is 8.90. The van der Waals surface area contributed by atoms with Crippen molar-refractivity contribution in [1.29, 1.82) is 0 Å². The maximum absolute atomic E-state index is 13.7. The molecule has 0 unspecified atom stereocenters. The molecule has 0 saturated carbocycles. The first-order valence-corrected chi connectivity index (χ1v) is 10.3. The Bertz CT molecular complexity index is 864. The lowest BCUT2D eigenvalue weighted by Crippen LogP contribution is -2.15. The number of nitrogens with zero attached hydrogens (tertiary/aromatic N) is 2. The van der Waals surface area contributed by atoms with Gasteiger partial charge in [-0.3, -0.25) is 0 Å². The normalized spacial score (nSPS) is 10.9. The van der Waals surface area contributed by atoms with Crippen molar-refractivity contribution < 1.29 is 9.13 Å². The van der Waals surface area contributed by atoms with Crippen LogP contribution in [0.15, 0.2) is 54.7 Å². The van der Waals surface area contributed by atoms with Crippen molar-refractivity contribution in [3.63, 3.8) is 0 Å². The second-order valence-electron chi connectivity index (χ2n) is 6.18. The number of rotatable bonds is 9. The minimum absolute atomic E-state index is 0.259. The lowest BCUT2D eigenvalue weighted by atomic mass is 10.1. The van der Waals surface area contributed by atoms with Crippen molar-refractivity contribution >= 4 is 11.8 Å². The second-order valence-corrected chi connectivity index (χ2v) is 7.16. The number of ether oxygens (including phenoxy) is 1. The molecule has 1 aromatic heterocycles. The SMILES string of the molecule is COc1ccc(-n2cc(CNCCCSC)c(-c3cccc(F)c3)n2)cc1. The molecule has 2 aromatic carbocycles. The largest absolute Gasteiger partial charge is 0.497 e. The molecule has 6 heteroatoms. The molecule has 0 radical (unpaired) electrons. The zero-order chi connectivity index (χ0) is 19.1. The van der Waals surface area contributed by atoms with Gasteiger partial charge in [-0.25, -0.2) is 9.07 Å². The predicted octanol–water partition coefficient (Wildman–Crippen LogP) is 4.53. The van der Waals surface area contributed by atoms with Crippen LogP contribution in [0, 0.1) is 5.82 Å². The van der Waals surface area contributed by atoms with Crippen LogP contribution in [0.2, 0.25) is 0 Å². The molecule has 0 aliphatic heterocycles. The van der Waals surface area contributed by atoms with E-state index in [2.05, 4.69) is 11.6 Å². The average molecular weight is 386 g/mol. The smallest absolute Gasteiger partial charge is 0.123 e. The van der Waals surface area contributed by atoms with Crippen LogP contribution in [0.25, 0.3) is 16.9 Å². The maximum atomic E-state index is 13.7. The van der Waals surface area contributed by atoms with Crippen molar-refractivity contribution in [3.05, 3.63) is 66.1 Å². The Hall–Kier alpha value is -2.31. The fourth-order valence-corrected chi connectivity index (χ4v) is 3.28. The number of benzene rings is 2. The summed E-state index contributed by atoms with van der Waals surface area (Å²) in [6, 6.07) is 14.3. The van der Waals surface area contributed by atoms with Crippen LogP contribution in [0.1, 0.15) is 12.0 Å². The molecule has 1 heterocycles. The number of hydrogen-bond donors (Lipinski definition) is 1. The highest BCUT2D eigenvalue weighted by atomic mass is 32.2. The molecule has 27 heavy (non-hydrogen) atoms. The molecular weight excluding hydrogens is 361 g/mol. The van der Waals surface area contributed by atoms with Crippen LogP contribution in [0.4, 0.5) is 4.39 Å². The molecule has 4 nitrogen and oxygen atoms in total. The van der Waals surface area contributed by atoms with Gasteiger partial charge in [-0.05, 0) is 61.4 Å². The molecule has 0 aliphatic carbocycles. The summed E-state index contributed by atoms with van der Waals surface area (Å²) in [5.41, 5.74) is 3.55. The third-order valence-electron chi connectivity index (χ3n) is 4.24. The van der Waals surface area contributed by atoms with Crippen molar-refractivity contribution in [2.24, 2.45) is 0 Å². The summed E-state index contributed by atoms with van der Waals surface area (Å²) in [7, 11) is 1.64. The molecule has 0 spiro atoms. The fourth-order valence-electron chi connectivity index (χ4n) is 2.85. The van der Waals surface area contributed by atoms with E-state index in [1.165, 1.54) is 12.1 Å². The van der Waals surface area contributed by atoms with E-state index in [4.69, 9.17) is 9.84 Å². The molecule has 0 fully saturated rings. The van der Waals surface area contributed by atoms with Gasteiger partial charge in [0.1, 0.15) is 11.6 Å². The number of methoxy groups -OCH3 is 1. The van der Waals surface area contributed by atoms with Crippen LogP contribution in [-0.4, -0.2) is 35.4 Å². The van der Waals surface area contributed by atoms with Gasteiger partial charge >= 0.3 is 0 Å². The first-order chi connectivity index (χ1) is 13.2. The summed E-state index contributed by atoms with van der Waals surface area (Å²) >= 11 is 1.85. The molecular formula is C21H24FN3OS. The Morgan fingerprint density at radius 3 is 2.70 bits per heavy atom. The van der Waals surface area contributed by atoms with Gasteiger partial charge in [0, 0.05) is 23.9 Å². The van der Waals surface area contributed by atoms with Crippen molar-refractivity contribution in [3.8, 4) is 22.7 Å². The zero-order valence-electron chi connectivity index (χ0n) is 15.6. The minimum atomic E-state index is -0.259. The van der Waals surface area contributed by atoms with Crippen molar-refractivity contribution in [2.75, 3.05) is 25.7 Å². The standard InChI is InChI=1S/C21H24FN3OS/c1-26-20-9-7-19(8-10-20)25-15-17(14-23-11-4-12-27-2)21(24-25)16-5-3-6-18(22)13-16/h3,5-10,13,15,23H,4,11-12,14H2,1-2H3. The Balaban J connectivity index is 1.87. The van der Waals surface area contributed by atoms with Gasteiger partial charge in [-0.2, -0.15) is 16.9 Å². The van der Waals surface area contributed by atoms with Gasteiger partial charge < -0.3 is 10.1 Å². The zero-order valence-corrected chi connectivity index (χ0v) is 16.4. The molecule has 0 bridgehead atoms. The lowest BCUT2D eigenvalue weighted by Gasteiger charge is -2.05. The molecule has 0 aliphatic rings. The molecule has 0 amide bonds. The number of hydrogen-bond acceptors (Lipinski definition) is 4. The van der Waals surface area contributed by atoms with Gasteiger partial charge in [0.2, 0.25) is 0 Å². The predicted molar refractivity (Wildman–Crippen MR) is 110 cm³/mol. The van der Waals surface area contributed by atoms with E-state index in [0.717, 1.165) is 47.0 Å². The van der Waals surface area contributed by atoms with Gasteiger partial charge in [0.25, 0.3) is 0 Å². The number of thioether (sulfide) groups is 1. The first kappa shape index (κ1) is 19.5. The Morgan fingerprint density at radius 1 is 1.19 bits per heavy atom. The van der Waals surface area contributed by atoms with E-state index in [0.29, 0.717) is 6.54 Å². The molecule has 1 N–H and O–H groups in total. The third kappa shape index (κ3) is 5.11. The molecule has 3 aromatic rings. The van der Waals surface area contributed by atoms with Gasteiger partial charge in [0.15, 0.2) is 0 Å². The van der Waals surface area contributed by atoms with Crippen molar-refractivity contribution in [2.45, 2.75) is 13.0 Å². The molecule has 142 valence electrons. The fraction of sp³-hybridized carbons (Fsp3) is 0.286. The van der Waals surface area contributed by atoms with E-state index in [1.54, 1.807) is 13.2 Å². The average Bonchev–Trinajstić information content (AvgIpc) is 3.12.